The van der Waals surface area contributed by atoms with Crippen molar-refractivity contribution in [2.45, 2.75) is 26.3 Å². The second kappa shape index (κ2) is 2.35. The van der Waals surface area contributed by atoms with Gasteiger partial charge in [-0.05, 0) is 20.8 Å². The van der Waals surface area contributed by atoms with Crippen LogP contribution in [0.5, 0.6) is 0 Å². The highest BCUT2D eigenvalue weighted by atomic mass is 16.7. The van der Waals surface area contributed by atoms with Crippen molar-refractivity contribution in [3.8, 4) is 0 Å². The van der Waals surface area contributed by atoms with Crippen molar-refractivity contribution in [3.05, 3.63) is 0 Å². The van der Waals surface area contributed by atoms with Crippen molar-refractivity contribution >= 4 is 6.09 Å². The first kappa shape index (κ1) is 8.29. The van der Waals surface area contributed by atoms with Crippen LogP contribution in [0.25, 0.3) is 0 Å². The lowest BCUT2D eigenvalue weighted by Gasteiger charge is -2.31. The van der Waals surface area contributed by atoms with E-state index in [1.165, 1.54) is 5.01 Å². The summed E-state index contributed by atoms with van der Waals surface area (Å²) in [6.07, 6.45) is -0.722. The van der Waals surface area contributed by atoms with Crippen LogP contribution in [0.3, 0.4) is 0 Å². The van der Waals surface area contributed by atoms with E-state index in [9.17, 15) is 4.79 Å². The summed E-state index contributed by atoms with van der Waals surface area (Å²) in [7, 11) is 0. The summed E-state index contributed by atoms with van der Waals surface area (Å²) in [6.45, 7) is 5.73. The van der Waals surface area contributed by atoms with Gasteiger partial charge in [-0.2, -0.15) is 0 Å². The molecule has 0 atom stereocenters. The average molecular weight is 160 g/mol. The summed E-state index contributed by atoms with van der Waals surface area (Å²) in [5.74, 6) is 0. The van der Waals surface area contributed by atoms with Crippen molar-refractivity contribution in [2.24, 2.45) is 0 Å². The molecule has 0 radical (unpaired) electrons. The lowest BCUT2D eigenvalue weighted by Crippen LogP contribution is -2.47. The number of carbonyl (C=O) groups excluding carboxylic acids is 1. The maximum atomic E-state index is 10.6. The molecule has 1 saturated heterocycles. The van der Waals surface area contributed by atoms with Gasteiger partial charge in [-0.25, -0.2) is 4.79 Å². The Morgan fingerprint density at radius 2 is 2.09 bits per heavy atom. The minimum atomic E-state index is -0.722. The zero-order valence-electron chi connectivity index (χ0n) is 6.87. The molecule has 1 aliphatic heterocycles. The lowest BCUT2D eigenvalue weighted by molar-refractivity contribution is -0.212. The molecule has 0 unspecified atom stereocenters. The minimum Gasteiger partial charge on any atom is -0.429 e. The van der Waals surface area contributed by atoms with Crippen molar-refractivity contribution in [1.82, 2.24) is 10.2 Å². The number of rotatable bonds is 0. The lowest BCUT2D eigenvalue weighted by atomic mass is 10.1. The van der Waals surface area contributed by atoms with Crippen LogP contribution in [-0.2, 0) is 4.74 Å². The normalized spacial score (nSPS) is 20.7. The molecule has 1 heterocycles. The zero-order chi connectivity index (χ0) is 8.65. The fourth-order valence-corrected chi connectivity index (χ4v) is 0.805. The second-order valence-corrected chi connectivity index (χ2v) is 3.40. The molecular formula is C6H12N2O3. The van der Waals surface area contributed by atoms with Gasteiger partial charge in [-0.3, -0.25) is 5.21 Å². The number of hydrogen-bond acceptors (Lipinski definition) is 4. The second-order valence-electron chi connectivity index (χ2n) is 3.40. The highest BCUT2D eigenvalue weighted by Crippen LogP contribution is 2.19. The maximum absolute atomic E-state index is 10.6. The smallest absolute Gasteiger partial charge is 0.429 e. The van der Waals surface area contributed by atoms with E-state index in [2.05, 4.69) is 4.74 Å². The molecule has 64 valence electrons. The monoisotopic (exact) mass is 160 g/mol. The first-order valence-corrected chi connectivity index (χ1v) is 3.36. The molecule has 0 aliphatic carbocycles. The van der Waals surface area contributed by atoms with Crippen molar-refractivity contribution in [2.75, 3.05) is 6.73 Å². The molecule has 1 rings (SSSR count). The van der Waals surface area contributed by atoms with Crippen LogP contribution in [-0.4, -0.2) is 33.8 Å². The largest absolute Gasteiger partial charge is 0.451 e. The minimum absolute atomic E-state index is 0.110. The third-order valence-corrected chi connectivity index (χ3v) is 1.48. The molecule has 5 nitrogen and oxygen atoms in total. The molecule has 5 heteroatoms. The van der Waals surface area contributed by atoms with Gasteiger partial charge in [0.15, 0.2) is 6.73 Å². The predicted octanol–water partition coefficient (Wildman–Crippen LogP) is 0.801. The van der Waals surface area contributed by atoms with E-state index in [0.29, 0.717) is 5.17 Å². The predicted molar refractivity (Wildman–Crippen MR) is 36.6 cm³/mol. The fourth-order valence-electron chi connectivity index (χ4n) is 0.805. The average Bonchev–Trinajstić information content (AvgIpc) is 2.11. The Morgan fingerprint density at radius 1 is 1.55 bits per heavy atom. The quantitative estimate of drug-likeness (QED) is 0.532. The molecule has 1 N–H and O–H groups in total. The summed E-state index contributed by atoms with van der Waals surface area (Å²) in [6, 6.07) is 0. The number of cyclic esters (lactones) is 1. The molecular weight excluding hydrogens is 148 g/mol. The molecule has 1 fully saturated rings. The molecule has 11 heavy (non-hydrogen) atoms. The number of hydrazine groups is 1. The number of hydrogen-bond donors (Lipinski definition) is 1. The maximum Gasteiger partial charge on any atom is 0.451 e. The van der Waals surface area contributed by atoms with E-state index in [4.69, 9.17) is 5.21 Å². The standard InChI is InChI=1S/C6H12N2O3/c1-6(2,3)7-4-11-5(9)8(7)10/h10H,4H2,1-3H3. The Labute approximate surface area is 65.1 Å². The topological polar surface area (TPSA) is 53.0 Å². The Bertz CT molecular complexity index is 175. The van der Waals surface area contributed by atoms with Crippen LogP contribution in [0.15, 0.2) is 0 Å². The highest BCUT2D eigenvalue weighted by molar-refractivity contribution is 5.66. The molecule has 1 aliphatic rings. The highest BCUT2D eigenvalue weighted by Gasteiger charge is 2.37. The van der Waals surface area contributed by atoms with Crippen LogP contribution in [0.1, 0.15) is 20.8 Å². The molecule has 0 saturated carbocycles. The van der Waals surface area contributed by atoms with Gasteiger partial charge in [0.25, 0.3) is 0 Å². The first-order chi connectivity index (χ1) is 4.93. The molecule has 0 bridgehead atoms. The van der Waals surface area contributed by atoms with Gasteiger partial charge in [0, 0.05) is 5.54 Å². The molecule has 0 aromatic heterocycles. The third-order valence-electron chi connectivity index (χ3n) is 1.48. The Balaban J connectivity index is 2.70. The Hall–Kier alpha value is -0.810. The van der Waals surface area contributed by atoms with E-state index in [0.717, 1.165) is 0 Å². The van der Waals surface area contributed by atoms with Gasteiger partial charge in [-0.1, -0.05) is 0 Å². The van der Waals surface area contributed by atoms with Crippen LogP contribution in [0, 0.1) is 0 Å². The number of nitrogens with zero attached hydrogens (tertiary/aromatic N) is 2. The van der Waals surface area contributed by atoms with E-state index in [1.54, 1.807) is 0 Å². The van der Waals surface area contributed by atoms with Gasteiger partial charge in [0.2, 0.25) is 0 Å². The summed E-state index contributed by atoms with van der Waals surface area (Å²) in [4.78, 5) is 10.6. The van der Waals surface area contributed by atoms with Gasteiger partial charge in [0.05, 0.1) is 0 Å². The van der Waals surface area contributed by atoms with Crippen molar-refractivity contribution < 1.29 is 14.7 Å². The fraction of sp³-hybridized carbons (Fsp3) is 0.833. The number of carbonyl (C=O) groups is 1. The van der Waals surface area contributed by atoms with Gasteiger partial charge in [0.1, 0.15) is 0 Å². The van der Waals surface area contributed by atoms with Gasteiger partial charge in [-0.15, -0.1) is 10.2 Å². The van der Waals surface area contributed by atoms with E-state index in [1.807, 2.05) is 20.8 Å². The third kappa shape index (κ3) is 1.44. The van der Waals surface area contributed by atoms with Crippen LogP contribution >= 0.6 is 0 Å². The summed E-state index contributed by atoms with van der Waals surface area (Å²) in [5, 5.41) is 11.0. The first-order valence-electron chi connectivity index (χ1n) is 3.36. The van der Waals surface area contributed by atoms with Crippen molar-refractivity contribution in [1.29, 1.82) is 0 Å². The number of amides is 1. The van der Waals surface area contributed by atoms with Crippen molar-refractivity contribution in [3.63, 3.8) is 0 Å². The zero-order valence-corrected chi connectivity index (χ0v) is 6.87. The molecule has 0 aromatic carbocycles. The van der Waals surface area contributed by atoms with Crippen LogP contribution < -0.4 is 0 Å². The Morgan fingerprint density at radius 3 is 2.27 bits per heavy atom. The van der Waals surface area contributed by atoms with E-state index < -0.39 is 6.09 Å². The van der Waals surface area contributed by atoms with Gasteiger partial charge >= 0.3 is 6.09 Å². The van der Waals surface area contributed by atoms with E-state index in [-0.39, 0.29) is 12.3 Å². The van der Waals surface area contributed by atoms with E-state index >= 15 is 0 Å². The number of hydroxylamine groups is 1. The summed E-state index contributed by atoms with van der Waals surface area (Å²) < 4.78 is 4.57. The summed E-state index contributed by atoms with van der Waals surface area (Å²) >= 11 is 0. The van der Waals surface area contributed by atoms with Crippen LogP contribution in [0.2, 0.25) is 0 Å². The van der Waals surface area contributed by atoms with Crippen LogP contribution in [0.4, 0.5) is 4.79 Å². The van der Waals surface area contributed by atoms with Gasteiger partial charge < -0.3 is 4.74 Å². The Kier molecular flexibility index (Phi) is 1.77. The molecule has 0 aromatic rings. The molecule has 1 amide bonds. The molecule has 0 spiro atoms. The SMILES string of the molecule is CC(C)(C)N1COC(=O)N1O. The summed E-state index contributed by atoms with van der Waals surface area (Å²) in [5.41, 5.74) is -0.305. The number of ether oxygens (including phenoxy) is 1.